The molecule has 0 spiro atoms. The van der Waals surface area contributed by atoms with Crippen molar-refractivity contribution in [1.29, 1.82) is 0 Å². The molecule has 3 rings (SSSR count). The number of amides is 3. The monoisotopic (exact) mass is 430 g/mol. The average molecular weight is 430 g/mol. The molecule has 2 aromatic carbocycles. The summed E-state index contributed by atoms with van der Waals surface area (Å²) >= 11 is 0. The molecule has 9 nitrogen and oxygen atoms in total. The first-order chi connectivity index (χ1) is 14.7. The number of hydrogen-bond donors (Lipinski definition) is 3. The van der Waals surface area contributed by atoms with Gasteiger partial charge in [-0.15, -0.1) is 0 Å². The SMILES string of the molecule is CC(=O)NCC1CN(c2ccc(-c3ccc(CN(O)CC(N)=O)cc3)c(F)c2)C(=O)O1. The van der Waals surface area contributed by atoms with Crippen LogP contribution in [0.4, 0.5) is 14.9 Å². The fraction of sp³-hybridized carbons (Fsp3) is 0.286. The molecule has 2 aromatic rings. The second-order valence-electron chi connectivity index (χ2n) is 7.20. The van der Waals surface area contributed by atoms with Gasteiger partial charge in [0, 0.05) is 19.0 Å². The summed E-state index contributed by atoms with van der Waals surface area (Å²) in [6.45, 7) is 1.57. The Morgan fingerprint density at radius 3 is 2.61 bits per heavy atom. The number of halogens is 1. The number of ether oxygens (including phenoxy) is 1. The molecule has 0 aliphatic carbocycles. The normalized spacial score (nSPS) is 15.8. The number of nitrogens with two attached hydrogens (primary N) is 1. The fourth-order valence-electron chi connectivity index (χ4n) is 3.24. The van der Waals surface area contributed by atoms with Crippen LogP contribution in [0.3, 0.4) is 0 Å². The highest BCUT2D eigenvalue weighted by molar-refractivity contribution is 5.90. The lowest BCUT2D eigenvalue weighted by Crippen LogP contribution is -2.33. The summed E-state index contributed by atoms with van der Waals surface area (Å²) in [5, 5.41) is 13.0. The number of hydroxylamine groups is 2. The molecule has 1 atom stereocenters. The molecular formula is C21H23FN4O5. The second kappa shape index (κ2) is 9.54. The Bertz CT molecular complexity index is 982. The molecule has 1 fully saturated rings. The van der Waals surface area contributed by atoms with E-state index in [1.165, 1.54) is 17.9 Å². The Labute approximate surface area is 178 Å². The number of benzene rings is 2. The maximum absolute atomic E-state index is 14.8. The molecule has 1 saturated heterocycles. The number of nitrogens with one attached hydrogen (secondary N) is 1. The molecule has 164 valence electrons. The van der Waals surface area contributed by atoms with E-state index in [-0.39, 0.29) is 32.1 Å². The molecule has 0 saturated carbocycles. The number of rotatable bonds is 8. The number of primary amides is 1. The minimum atomic E-state index is -0.649. The van der Waals surface area contributed by atoms with Crippen LogP contribution in [0.1, 0.15) is 12.5 Å². The predicted molar refractivity (Wildman–Crippen MR) is 110 cm³/mol. The zero-order valence-corrected chi connectivity index (χ0v) is 16.9. The van der Waals surface area contributed by atoms with Gasteiger partial charge in [-0.05, 0) is 29.3 Å². The van der Waals surface area contributed by atoms with Crippen molar-refractivity contribution in [3.63, 3.8) is 0 Å². The fourth-order valence-corrected chi connectivity index (χ4v) is 3.24. The number of hydrogen-bond acceptors (Lipinski definition) is 6. The summed E-state index contributed by atoms with van der Waals surface area (Å²) < 4.78 is 20.0. The van der Waals surface area contributed by atoms with Crippen molar-refractivity contribution in [3.8, 4) is 11.1 Å². The van der Waals surface area contributed by atoms with Crippen molar-refractivity contribution >= 4 is 23.6 Å². The van der Waals surface area contributed by atoms with Gasteiger partial charge in [0.05, 0.1) is 18.8 Å². The summed E-state index contributed by atoms with van der Waals surface area (Å²) in [6.07, 6.45) is -1.11. The van der Waals surface area contributed by atoms with Crippen molar-refractivity contribution in [3.05, 3.63) is 53.8 Å². The van der Waals surface area contributed by atoms with Crippen LogP contribution >= 0.6 is 0 Å². The van der Waals surface area contributed by atoms with Crippen molar-refractivity contribution < 1.29 is 28.7 Å². The molecule has 1 aliphatic heterocycles. The Hall–Kier alpha value is -3.50. The lowest BCUT2D eigenvalue weighted by Gasteiger charge is -2.15. The van der Waals surface area contributed by atoms with Crippen molar-refractivity contribution in [2.75, 3.05) is 24.5 Å². The minimum Gasteiger partial charge on any atom is -0.442 e. The van der Waals surface area contributed by atoms with E-state index in [4.69, 9.17) is 10.5 Å². The third kappa shape index (κ3) is 5.77. The standard InChI is InChI=1S/C21H23FN4O5/c1-13(27)24-9-17-11-26(21(29)31-17)16-6-7-18(19(22)8-16)15-4-2-14(3-5-15)10-25(30)12-20(23)28/h2-8,17,30H,9-12H2,1H3,(H2,23,28)(H,24,27). The van der Waals surface area contributed by atoms with E-state index in [9.17, 15) is 24.0 Å². The molecule has 10 heteroatoms. The van der Waals surface area contributed by atoms with Crippen LogP contribution in [0.5, 0.6) is 0 Å². The molecule has 0 bridgehead atoms. The van der Waals surface area contributed by atoms with Crippen LogP contribution in [-0.4, -0.2) is 53.9 Å². The van der Waals surface area contributed by atoms with E-state index in [0.29, 0.717) is 16.8 Å². The van der Waals surface area contributed by atoms with E-state index in [2.05, 4.69) is 5.32 Å². The van der Waals surface area contributed by atoms with Crippen molar-refractivity contribution in [1.82, 2.24) is 10.4 Å². The quantitative estimate of drug-likeness (QED) is 0.547. The van der Waals surface area contributed by atoms with Gasteiger partial charge in [-0.25, -0.2) is 9.18 Å². The number of anilines is 1. The molecule has 1 aliphatic rings. The van der Waals surface area contributed by atoms with Gasteiger partial charge in [-0.2, -0.15) is 5.06 Å². The van der Waals surface area contributed by atoms with Crippen LogP contribution in [0.15, 0.2) is 42.5 Å². The molecule has 3 amide bonds. The Morgan fingerprint density at radius 2 is 2.00 bits per heavy atom. The maximum Gasteiger partial charge on any atom is 0.414 e. The van der Waals surface area contributed by atoms with Crippen LogP contribution in [0.25, 0.3) is 11.1 Å². The lowest BCUT2D eigenvalue weighted by molar-refractivity contribution is -0.137. The third-order valence-electron chi connectivity index (χ3n) is 4.69. The van der Waals surface area contributed by atoms with Gasteiger partial charge >= 0.3 is 6.09 Å². The minimum absolute atomic E-state index is 0.0986. The van der Waals surface area contributed by atoms with Gasteiger partial charge in [0.15, 0.2) is 0 Å². The zero-order chi connectivity index (χ0) is 22.5. The van der Waals surface area contributed by atoms with Crippen LogP contribution < -0.4 is 16.0 Å². The maximum atomic E-state index is 14.8. The highest BCUT2D eigenvalue weighted by Gasteiger charge is 2.32. The van der Waals surface area contributed by atoms with Crippen LogP contribution in [-0.2, 0) is 20.9 Å². The van der Waals surface area contributed by atoms with Crippen LogP contribution in [0.2, 0.25) is 0 Å². The third-order valence-corrected chi connectivity index (χ3v) is 4.69. The molecule has 0 aromatic heterocycles. The number of carbonyl (C=O) groups excluding carboxylic acids is 3. The van der Waals surface area contributed by atoms with Crippen molar-refractivity contribution in [2.24, 2.45) is 5.73 Å². The van der Waals surface area contributed by atoms with Gasteiger partial charge in [0.25, 0.3) is 0 Å². The smallest absolute Gasteiger partial charge is 0.414 e. The van der Waals surface area contributed by atoms with Gasteiger partial charge in [-0.3, -0.25) is 14.5 Å². The van der Waals surface area contributed by atoms with Gasteiger partial charge < -0.3 is 21.0 Å². The molecular weight excluding hydrogens is 407 g/mol. The lowest BCUT2D eigenvalue weighted by atomic mass is 10.0. The Morgan fingerprint density at radius 1 is 1.29 bits per heavy atom. The molecule has 31 heavy (non-hydrogen) atoms. The zero-order valence-electron chi connectivity index (χ0n) is 16.9. The first-order valence-corrected chi connectivity index (χ1v) is 9.56. The molecule has 4 N–H and O–H groups in total. The van der Waals surface area contributed by atoms with Gasteiger partial charge in [0.2, 0.25) is 11.8 Å². The molecule has 0 radical (unpaired) electrons. The van der Waals surface area contributed by atoms with E-state index >= 15 is 0 Å². The highest BCUT2D eigenvalue weighted by Crippen LogP contribution is 2.29. The first kappa shape index (κ1) is 22.2. The van der Waals surface area contributed by atoms with E-state index in [0.717, 1.165) is 10.6 Å². The summed E-state index contributed by atoms with van der Waals surface area (Å²) in [7, 11) is 0. The van der Waals surface area contributed by atoms with Crippen molar-refractivity contribution in [2.45, 2.75) is 19.6 Å². The molecule has 1 unspecified atom stereocenters. The summed E-state index contributed by atoms with van der Waals surface area (Å²) in [6, 6.07) is 11.2. The summed E-state index contributed by atoms with van der Waals surface area (Å²) in [4.78, 5) is 35.3. The highest BCUT2D eigenvalue weighted by atomic mass is 19.1. The Balaban J connectivity index is 1.69. The Kier molecular flexibility index (Phi) is 6.83. The van der Waals surface area contributed by atoms with Gasteiger partial charge in [-0.1, -0.05) is 24.3 Å². The largest absolute Gasteiger partial charge is 0.442 e. The predicted octanol–water partition coefficient (Wildman–Crippen LogP) is 1.63. The van der Waals surface area contributed by atoms with Crippen LogP contribution in [0, 0.1) is 5.82 Å². The molecule has 1 heterocycles. The first-order valence-electron chi connectivity index (χ1n) is 9.56. The number of carbonyl (C=O) groups is 3. The summed E-state index contributed by atoms with van der Waals surface area (Å²) in [5.41, 5.74) is 7.06. The van der Waals surface area contributed by atoms with E-state index in [1.54, 1.807) is 36.4 Å². The van der Waals surface area contributed by atoms with E-state index in [1.807, 2.05) is 0 Å². The second-order valence-corrected chi connectivity index (χ2v) is 7.20. The topological polar surface area (TPSA) is 125 Å². The summed E-state index contributed by atoms with van der Waals surface area (Å²) in [5.74, 6) is -1.39. The average Bonchev–Trinajstić information content (AvgIpc) is 3.07. The number of cyclic esters (lactones) is 1. The van der Waals surface area contributed by atoms with E-state index < -0.39 is 23.9 Å². The number of nitrogens with zero attached hydrogens (tertiary/aromatic N) is 2. The van der Waals surface area contributed by atoms with Gasteiger partial charge in [0.1, 0.15) is 18.5 Å².